The molecular weight excluding hydrogens is 257 g/mol. The smallest absolute Gasteiger partial charge is 0.307 e. The SMILES string of the molecule is O=C(O)[C@H]1CCCN(Cc2cccc(F)c2Cl)C1. The van der Waals surface area contributed by atoms with Crippen LogP contribution in [0.1, 0.15) is 18.4 Å². The average molecular weight is 272 g/mol. The zero-order valence-electron chi connectivity index (χ0n) is 9.90. The van der Waals surface area contributed by atoms with Gasteiger partial charge in [0.15, 0.2) is 0 Å². The quantitative estimate of drug-likeness (QED) is 0.919. The molecule has 0 aliphatic carbocycles. The highest BCUT2D eigenvalue weighted by Gasteiger charge is 2.25. The maximum atomic E-state index is 13.3. The van der Waals surface area contributed by atoms with Gasteiger partial charge in [-0.3, -0.25) is 9.69 Å². The number of carbonyl (C=O) groups is 1. The Kier molecular flexibility index (Phi) is 4.19. The Morgan fingerprint density at radius 1 is 1.56 bits per heavy atom. The van der Waals surface area contributed by atoms with Gasteiger partial charge in [0.05, 0.1) is 10.9 Å². The third-order valence-corrected chi connectivity index (χ3v) is 3.70. The molecule has 1 aromatic carbocycles. The van der Waals surface area contributed by atoms with E-state index in [4.69, 9.17) is 16.7 Å². The highest BCUT2D eigenvalue weighted by atomic mass is 35.5. The summed E-state index contributed by atoms with van der Waals surface area (Å²) in [5, 5.41) is 9.14. The van der Waals surface area contributed by atoms with E-state index in [2.05, 4.69) is 0 Å². The van der Waals surface area contributed by atoms with Crippen LogP contribution in [0.5, 0.6) is 0 Å². The number of carboxylic acid groups (broad SMARTS) is 1. The van der Waals surface area contributed by atoms with Crippen molar-refractivity contribution in [3.8, 4) is 0 Å². The molecule has 1 aliphatic rings. The van der Waals surface area contributed by atoms with Gasteiger partial charge in [-0.2, -0.15) is 0 Å². The van der Waals surface area contributed by atoms with Crippen molar-refractivity contribution < 1.29 is 14.3 Å². The van der Waals surface area contributed by atoms with Crippen molar-refractivity contribution in [3.05, 3.63) is 34.6 Å². The van der Waals surface area contributed by atoms with Gasteiger partial charge >= 0.3 is 5.97 Å². The molecule has 98 valence electrons. The van der Waals surface area contributed by atoms with Gasteiger partial charge in [0.1, 0.15) is 5.82 Å². The number of piperidine rings is 1. The fourth-order valence-corrected chi connectivity index (χ4v) is 2.50. The zero-order valence-corrected chi connectivity index (χ0v) is 10.7. The fraction of sp³-hybridized carbons (Fsp3) is 0.462. The van der Waals surface area contributed by atoms with E-state index in [1.807, 2.05) is 4.90 Å². The van der Waals surface area contributed by atoms with E-state index in [-0.39, 0.29) is 10.9 Å². The van der Waals surface area contributed by atoms with Crippen LogP contribution in [0.25, 0.3) is 0 Å². The molecular formula is C13H15ClFNO2. The van der Waals surface area contributed by atoms with Gasteiger partial charge in [-0.1, -0.05) is 23.7 Å². The summed E-state index contributed by atoms with van der Waals surface area (Å²) in [6.45, 7) is 1.83. The van der Waals surface area contributed by atoms with Crippen molar-refractivity contribution in [1.82, 2.24) is 4.90 Å². The van der Waals surface area contributed by atoms with Gasteiger partial charge in [0.2, 0.25) is 0 Å². The van der Waals surface area contributed by atoms with Crippen LogP contribution >= 0.6 is 11.6 Å². The minimum Gasteiger partial charge on any atom is -0.481 e. The van der Waals surface area contributed by atoms with E-state index < -0.39 is 11.8 Å². The molecule has 18 heavy (non-hydrogen) atoms. The molecule has 0 bridgehead atoms. The Labute approximate surface area is 110 Å². The van der Waals surface area contributed by atoms with Gasteiger partial charge in [-0.05, 0) is 31.0 Å². The summed E-state index contributed by atoms with van der Waals surface area (Å²) >= 11 is 5.89. The maximum absolute atomic E-state index is 13.3. The van der Waals surface area contributed by atoms with Gasteiger partial charge in [0, 0.05) is 13.1 Å². The first-order valence-corrected chi connectivity index (χ1v) is 6.34. The van der Waals surface area contributed by atoms with Gasteiger partial charge in [-0.25, -0.2) is 4.39 Å². The second-order valence-corrected chi connectivity index (χ2v) is 5.00. The summed E-state index contributed by atoms with van der Waals surface area (Å²) in [6, 6.07) is 4.72. The van der Waals surface area contributed by atoms with Crippen molar-refractivity contribution >= 4 is 17.6 Å². The van der Waals surface area contributed by atoms with Crippen LogP contribution in [0.15, 0.2) is 18.2 Å². The van der Waals surface area contributed by atoms with Gasteiger partial charge in [-0.15, -0.1) is 0 Å². The van der Waals surface area contributed by atoms with Crippen molar-refractivity contribution in [2.24, 2.45) is 5.92 Å². The third-order valence-electron chi connectivity index (χ3n) is 3.28. The van der Waals surface area contributed by atoms with Crippen LogP contribution in [0.2, 0.25) is 5.02 Å². The molecule has 0 saturated carbocycles. The number of hydrogen-bond donors (Lipinski definition) is 1. The third kappa shape index (κ3) is 3.00. The molecule has 0 amide bonds. The van der Waals surface area contributed by atoms with E-state index in [9.17, 15) is 9.18 Å². The Balaban J connectivity index is 2.05. The van der Waals surface area contributed by atoms with Crippen LogP contribution in [0.4, 0.5) is 4.39 Å². The van der Waals surface area contributed by atoms with Crippen LogP contribution in [0.3, 0.4) is 0 Å². The van der Waals surface area contributed by atoms with Crippen LogP contribution in [-0.4, -0.2) is 29.1 Å². The number of carboxylic acids is 1. The predicted octanol–water partition coefficient (Wildman–Crippen LogP) is 2.78. The number of aliphatic carboxylic acids is 1. The molecule has 0 spiro atoms. The topological polar surface area (TPSA) is 40.5 Å². The molecule has 1 saturated heterocycles. The summed E-state index contributed by atoms with van der Waals surface area (Å²) in [4.78, 5) is 13.0. The molecule has 5 heteroatoms. The van der Waals surface area contributed by atoms with Crippen LogP contribution in [0, 0.1) is 11.7 Å². The Bertz CT molecular complexity index is 453. The van der Waals surface area contributed by atoms with Gasteiger partial charge in [0.25, 0.3) is 0 Å². The van der Waals surface area contributed by atoms with Crippen molar-refractivity contribution in [1.29, 1.82) is 0 Å². The number of hydrogen-bond acceptors (Lipinski definition) is 2. The summed E-state index contributed by atoms with van der Waals surface area (Å²) in [6.07, 6.45) is 1.56. The largest absolute Gasteiger partial charge is 0.481 e. The molecule has 1 fully saturated rings. The van der Waals surface area contributed by atoms with Crippen molar-refractivity contribution in [2.45, 2.75) is 19.4 Å². The number of halogens is 2. The first kappa shape index (κ1) is 13.3. The standard InChI is InChI=1S/C13H15ClFNO2/c14-12-9(3-1-5-11(12)15)7-16-6-2-4-10(8-16)13(17)18/h1,3,5,10H,2,4,6-8H2,(H,17,18)/t10-/m0/s1. The van der Waals surface area contributed by atoms with E-state index in [1.54, 1.807) is 12.1 Å². The monoisotopic (exact) mass is 271 g/mol. The van der Waals surface area contributed by atoms with Crippen molar-refractivity contribution in [3.63, 3.8) is 0 Å². The first-order valence-electron chi connectivity index (χ1n) is 5.96. The lowest BCUT2D eigenvalue weighted by atomic mass is 9.98. The van der Waals surface area contributed by atoms with Crippen LogP contribution < -0.4 is 0 Å². The highest BCUT2D eigenvalue weighted by Crippen LogP contribution is 2.24. The number of nitrogens with zero attached hydrogens (tertiary/aromatic N) is 1. The lowest BCUT2D eigenvalue weighted by Gasteiger charge is -2.30. The molecule has 1 aromatic rings. The normalized spacial score (nSPS) is 20.9. The predicted molar refractivity (Wildman–Crippen MR) is 67.0 cm³/mol. The first-order chi connectivity index (χ1) is 8.58. The van der Waals surface area contributed by atoms with E-state index >= 15 is 0 Å². The lowest BCUT2D eigenvalue weighted by molar-refractivity contribution is -0.143. The average Bonchev–Trinajstić information content (AvgIpc) is 2.35. The molecule has 0 unspecified atom stereocenters. The molecule has 2 rings (SSSR count). The lowest BCUT2D eigenvalue weighted by Crippen LogP contribution is -2.38. The second kappa shape index (κ2) is 5.67. The van der Waals surface area contributed by atoms with E-state index in [0.29, 0.717) is 25.1 Å². The molecule has 1 N–H and O–H groups in total. The number of likely N-dealkylation sites (tertiary alicyclic amines) is 1. The number of benzene rings is 1. The summed E-state index contributed by atoms with van der Waals surface area (Å²) in [5.41, 5.74) is 0.711. The zero-order chi connectivity index (χ0) is 13.1. The van der Waals surface area contributed by atoms with E-state index in [1.165, 1.54) is 6.07 Å². The molecule has 1 aliphatic heterocycles. The summed E-state index contributed by atoms with van der Waals surface area (Å²) in [5.74, 6) is -1.52. The molecule has 0 aromatic heterocycles. The van der Waals surface area contributed by atoms with Gasteiger partial charge < -0.3 is 5.11 Å². The molecule has 1 atom stereocenters. The highest BCUT2D eigenvalue weighted by molar-refractivity contribution is 6.31. The summed E-state index contributed by atoms with van der Waals surface area (Å²) in [7, 11) is 0. The molecule has 3 nitrogen and oxygen atoms in total. The Morgan fingerprint density at radius 3 is 3.06 bits per heavy atom. The summed E-state index contributed by atoms with van der Waals surface area (Å²) < 4.78 is 13.3. The Morgan fingerprint density at radius 2 is 2.33 bits per heavy atom. The van der Waals surface area contributed by atoms with E-state index in [0.717, 1.165) is 13.0 Å². The number of rotatable bonds is 3. The molecule has 0 radical (unpaired) electrons. The van der Waals surface area contributed by atoms with Crippen molar-refractivity contribution in [2.75, 3.05) is 13.1 Å². The second-order valence-electron chi connectivity index (χ2n) is 4.63. The minimum absolute atomic E-state index is 0.134. The van der Waals surface area contributed by atoms with Crippen LogP contribution in [-0.2, 0) is 11.3 Å². The maximum Gasteiger partial charge on any atom is 0.307 e. The molecule has 1 heterocycles. The Hall–Kier alpha value is -1.13. The fourth-order valence-electron chi connectivity index (χ4n) is 2.31. The minimum atomic E-state index is -0.759.